The molecule has 0 N–H and O–H groups in total. The summed E-state index contributed by atoms with van der Waals surface area (Å²) in [7, 11) is 3.40. The first-order valence-electron chi connectivity index (χ1n) is 9.93. The fourth-order valence-electron chi connectivity index (χ4n) is 3.69. The molecule has 31 heavy (non-hydrogen) atoms. The van der Waals surface area contributed by atoms with E-state index < -0.39 is 0 Å². The molecule has 4 aromatic rings. The van der Waals surface area contributed by atoms with E-state index in [0.29, 0.717) is 35.9 Å². The number of fused-ring (bicyclic) bond motifs is 1. The lowest BCUT2D eigenvalue weighted by atomic mass is 10.1. The molecule has 0 unspecified atom stereocenters. The molecule has 0 aliphatic carbocycles. The van der Waals surface area contributed by atoms with Gasteiger partial charge in [-0.2, -0.15) is 4.52 Å². The first-order valence-corrected chi connectivity index (χ1v) is 9.93. The highest BCUT2D eigenvalue weighted by Crippen LogP contribution is 2.26. The van der Waals surface area contributed by atoms with Crippen molar-refractivity contribution in [2.24, 2.45) is 0 Å². The van der Waals surface area contributed by atoms with Crippen molar-refractivity contribution in [3.8, 4) is 17.1 Å². The summed E-state index contributed by atoms with van der Waals surface area (Å²) in [6.45, 7) is 1.39. The van der Waals surface area contributed by atoms with Crippen LogP contribution in [-0.4, -0.2) is 68.9 Å². The van der Waals surface area contributed by atoms with Crippen molar-refractivity contribution < 1.29 is 9.53 Å². The molecule has 1 saturated heterocycles. The van der Waals surface area contributed by atoms with Crippen molar-refractivity contribution >= 4 is 17.4 Å². The molecule has 1 aliphatic heterocycles. The van der Waals surface area contributed by atoms with Crippen molar-refractivity contribution in [2.45, 2.75) is 6.04 Å². The van der Waals surface area contributed by atoms with E-state index in [2.05, 4.69) is 20.1 Å². The molecule has 1 aromatic carbocycles. The van der Waals surface area contributed by atoms with Gasteiger partial charge in [0, 0.05) is 38.1 Å². The van der Waals surface area contributed by atoms with Crippen LogP contribution >= 0.6 is 0 Å². The van der Waals surface area contributed by atoms with Crippen molar-refractivity contribution in [1.29, 1.82) is 0 Å². The molecule has 0 radical (unpaired) electrons. The maximum absolute atomic E-state index is 12.9. The average molecular weight is 415 g/mol. The number of methoxy groups -OCH3 is 1. The Labute approximate surface area is 178 Å². The first kappa shape index (κ1) is 19.0. The molecule has 9 nitrogen and oxygen atoms in total. The third-order valence-electron chi connectivity index (χ3n) is 5.56. The van der Waals surface area contributed by atoms with Crippen LogP contribution in [0.15, 0.2) is 60.9 Å². The minimum atomic E-state index is -0.0526. The monoisotopic (exact) mass is 415 g/mol. The zero-order chi connectivity index (χ0) is 21.4. The van der Waals surface area contributed by atoms with Gasteiger partial charge < -0.3 is 14.5 Å². The van der Waals surface area contributed by atoms with Crippen molar-refractivity contribution in [3.63, 3.8) is 0 Å². The second-order valence-corrected chi connectivity index (χ2v) is 7.40. The number of hydrogen-bond donors (Lipinski definition) is 0. The van der Waals surface area contributed by atoms with Gasteiger partial charge in [-0.15, -0.1) is 15.3 Å². The number of nitrogens with zero attached hydrogens (tertiary/aromatic N) is 7. The molecule has 4 heterocycles. The molecule has 1 amide bonds. The Morgan fingerprint density at radius 1 is 1.10 bits per heavy atom. The number of benzene rings is 1. The zero-order valence-electron chi connectivity index (χ0n) is 17.2. The van der Waals surface area contributed by atoms with E-state index in [1.54, 1.807) is 41.1 Å². The molecule has 156 valence electrons. The average Bonchev–Trinajstić information content (AvgIpc) is 3.21. The highest BCUT2D eigenvalue weighted by atomic mass is 16.5. The number of rotatable bonds is 5. The molecule has 9 heteroatoms. The minimum Gasteiger partial charge on any atom is -0.496 e. The predicted octanol–water partition coefficient (Wildman–Crippen LogP) is 2.16. The number of likely N-dealkylation sites (N-methyl/N-ethyl adjacent to an activating group) is 1. The summed E-state index contributed by atoms with van der Waals surface area (Å²) in [5.74, 6) is 1.98. The van der Waals surface area contributed by atoms with Gasteiger partial charge in [-0.05, 0) is 36.4 Å². The Hall–Kier alpha value is -4.01. The van der Waals surface area contributed by atoms with Crippen molar-refractivity contribution in [3.05, 3.63) is 66.5 Å². The van der Waals surface area contributed by atoms with E-state index in [1.807, 2.05) is 43.4 Å². The normalized spacial score (nSPS) is 13.8. The van der Waals surface area contributed by atoms with Gasteiger partial charge >= 0.3 is 0 Å². The van der Waals surface area contributed by atoms with Gasteiger partial charge in [-0.1, -0.05) is 12.1 Å². The Bertz CT molecular complexity index is 1240. The number of aromatic nitrogens is 5. The maximum Gasteiger partial charge on any atom is 0.257 e. The van der Waals surface area contributed by atoms with Crippen LogP contribution in [0.4, 0.5) is 5.82 Å². The highest BCUT2D eigenvalue weighted by molar-refractivity contribution is 5.97. The van der Waals surface area contributed by atoms with E-state index in [1.165, 1.54) is 0 Å². The fourth-order valence-corrected chi connectivity index (χ4v) is 3.69. The number of hydrogen-bond acceptors (Lipinski definition) is 7. The van der Waals surface area contributed by atoms with Crippen LogP contribution in [0.2, 0.25) is 0 Å². The largest absolute Gasteiger partial charge is 0.496 e. The lowest BCUT2D eigenvalue weighted by Crippen LogP contribution is -2.60. The molecule has 5 rings (SSSR count). The quantitative estimate of drug-likeness (QED) is 0.493. The number of para-hydroxylation sites is 1. The Balaban J connectivity index is 1.33. The Morgan fingerprint density at radius 3 is 2.71 bits per heavy atom. The van der Waals surface area contributed by atoms with Crippen LogP contribution in [0.25, 0.3) is 17.0 Å². The second kappa shape index (κ2) is 7.67. The first-order chi connectivity index (χ1) is 15.2. The number of ether oxygens (including phenoxy) is 1. The van der Waals surface area contributed by atoms with E-state index in [9.17, 15) is 4.79 Å². The van der Waals surface area contributed by atoms with Crippen LogP contribution in [0.3, 0.4) is 0 Å². The number of pyridine rings is 1. The minimum absolute atomic E-state index is 0.0526. The molecular weight excluding hydrogens is 394 g/mol. The predicted molar refractivity (Wildman–Crippen MR) is 115 cm³/mol. The summed E-state index contributed by atoms with van der Waals surface area (Å²) in [5, 5.41) is 13.2. The van der Waals surface area contributed by atoms with Crippen LogP contribution in [-0.2, 0) is 0 Å². The Kier molecular flexibility index (Phi) is 4.70. The van der Waals surface area contributed by atoms with Crippen LogP contribution in [0.5, 0.6) is 5.75 Å². The summed E-state index contributed by atoms with van der Waals surface area (Å²) < 4.78 is 7.06. The highest BCUT2D eigenvalue weighted by Gasteiger charge is 2.34. The summed E-state index contributed by atoms with van der Waals surface area (Å²) in [4.78, 5) is 21.0. The van der Waals surface area contributed by atoms with Gasteiger partial charge in [0.2, 0.25) is 0 Å². The number of carbonyl (C=O) groups is 1. The molecule has 0 atom stereocenters. The molecule has 3 aromatic heterocycles. The lowest BCUT2D eigenvalue weighted by molar-refractivity contribution is 0.0701. The zero-order valence-corrected chi connectivity index (χ0v) is 17.2. The smallest absolute Gasteiger partial charge is 0.257 e. The number of amides is 1. The summed E-state index contributed by atoms with van der Waals surface area (Å²) in [6, 6.07) is 15.0. The van der Waals surface area contributed by atoms with E-state index >= 15 is 0 Å². The topological polar surface area (TPSA) is 88.8 Å². The Morgan fingerprint density at radius 2 is 1.94 bits per heavy atom. The summed E-state index contributed by atoms with van der Waals surface area (Å²) >= 11 is 0. The third-order valence-corrected chi connectivity index (χ3v) is 5.56. The van der Waals surface area contributed by atoms with E-state index in [4.69, 9.17) is 9.84 Å². The standard InChI is InChI=1S/C22H21N7O2/c1-27(22(30)17-7-3-4-8-18(17)31-2)16-13-28(14-16)20-10-9-19-24-25-21(29(19)26-20)15-6-5-11-23-12-15/h3-12,16H,13-14H2,1-2H3. The maximum atomic E-state index is 12.9. The lowest BCUT2D eigenvalue weighted by Gasteiger charge is -2.44. The van der Waals surface area contributed by atoms with Crippen LogP contribution < -0.4 is 9.64 Å². The molecule has 0 bridgehead atoms. The fraction of sp³-hybridized carbons (Fsp3) is 0.227. The second-order valence-electron chi connectivity index (χ2n) is 7.40. The number of anilines is 1. The van der Waals surface area contributed by atoms with Gasteiger partial charge in [-0.3, -0.25) is 9.78 Å². The molecule has 0 saturated carbocycles. The van der Waals surface area contributed by atoms with E-state index in [-0.39, 0.29) is 11.9 Å². The summed E-state index contributed by atoms with van der Waals surface area (Å²) in [5.41, 5.74) is 2.09. The SMILES string of the molecule is COc1ccccc1C(=O)N(C)C1CN(c2ccc3nnc(-c4cccnc4)n3n2)C1. The van der Waals surface area contributed by atoms with Crippen molar-refractivity contribution in [2.75, 3.05) is 32.1 Å². The van der Waals surface area contributed by atoms with E-state index in [0.717, 1.165) is 11.4 Å². The van der Waals surface area contributed by atoms with Gasteiger partial charge in [0.05, 0.1) is 18.7 Å². The van der Waals surface area contributed by atoms with Gasteiger partial charge in [-0.25, -0.2) is 0 Å². The van der Waals surface area contributed by atoms with Crippen LogP contribution in [0, 0.1) is 0 Å². The molecule has 0 spiro atoms. The van der Waals surface area contributed by atoms with Gasteiger partial charge in [0.15, 0.2) is 11.5 Å². The molecule has 1 fully saturated rings. The summed E-state index contributed by atoms with van der Waals surface area (Å²) in [6.07, 6.45) is 3.46. The molecule has 1 aliphatic rings. The van der Waals surface area contributed by atoms with Gasteiger partial charge in [0.1, 0.15) is 11.6 Å². The number of carbonyl (C=O) groups excluding carboxylic acids is 1. The molecular formula is C22H21N7O2. The van der Waals surface area contributed by atoms with Gasteiger partial charge in [0.25, 0.3) is 5.91 Å². The third kappa shape index (κ3) is 3.33. The van der Waals surface area contributed by atoms with Crippen LogP contribution in [0.1, 0.15) is 10.4 Å². The van der Waals surface area contributed by atoms with Crippen molar-refractivity contribution in [1.82, 2.24) is 29.7 Å².